The van der Waals surface area contributed by atoms with Crippen molar-refractivity contribution < 1.29 is 4.42 Å². The summed E-state index contributed by atoms with van der Waals surface area (Å²) in [4.78, 5) is 4.77. The lowest BCUT2D eigenvalue weighted by Crippen LogP contribution is -2.18. The third-order valence-electron chi connectivity index (χ3n) is 3.53. The summed E-state index contributed by atoms with van der Waals surface area (Å²) >= 11 is 0. The van der Waals surface area contributed by atoms with Gasteiger partial charge in [0.15, 0.2) is 0 Å². The van der Waals surface area contributed by atoms with Gasteiger partial charge in [0.25, 0.3) is 0 Å². The number of furan rings is 1. The molecule has 0 unspecified atom stereocenters. The fourth-order valence-corrected chi connectivity index (χ4v) is 2.53. The molecule has 0 saturated heterocycles. The zero-order valence-corrected chi connectivity index (χ0v) is 12.2. The molecule has 0 radical (unpaired) electrons. The first-order valence-electron chi connectivity index (χ1n) is 7.00. The Balaban J connectivity index is 1.99. The number of rotatable bonds is 1. The number of hydrogen-bond donors (Lipinski definition) is 1. The topological polar surface area (TPSA) is 37.5 Å². The highest BCUT2D eigenvalue weighted by Crippen LogP contribution is 2.30. The number of hydrogen-bond acceptors (Lipinski definition) is 3. The molecule has 0 fully saturated rings. The number of fused-ring (bicyclic) bond motifs is 1. The molecule has 2 aromatic rings. The standard InChI is InChI=1S/C17H20N2O/c1-12-9-14-15(20-12)10-17(2,3)11-18-16(14)19-13-7-5-4-6-8-13/h4-9H,10-11H2,1-3H3,(H,18,19). The van der Waals surface area contributed by atoms with Crippen LogP contribution in [-0.2, 0) is 6.42 Å². The van der Waals surface area contributed by atoms with Crippen LogP contribution in [0.15, 0.2) is 45.8 Å². The van der Waals surface area contributed by atoms with E-state index in [-0.39, 0.29) is 5.41 Å². The van der Waals surface area contributed by atoms with Crippen LogP contribution in [0.5, 0.6) is 0 Å². The van der Waals surface area contributed by atoms with Gasteiger partial charge < -0.3 is 9.73 Å². The third-order valence-corrected chi connectivity index (χ3v) is 3.53. The van der Waals surface area contributed by atoms with Crippen LogP contribution in [-0.4, -0.2) is 12.4 Å². The van der Waals surface area contributed by atoms with Crippen molar-refractivity contribution in [2.75, 3.05) is 11.9 Å². The molecule has 3 nitrogen and oxygen atoms in total. The summed E-state index contributed by atoms with van der Waals surface area (Å²) in [5.41, 5.74) is 2.27. The van der Waals surface area contributed by atoms with Crippen LogP contribution in [0.2, 0.25) is 0 Å². The minimum atomic E-state index is 0.124. The number of anilines is 1. The van der Waals surface area contributed by atoms with Gasteiger partial charge in [0.05, 0.1) is 5.56 Å². The molecule has 1 aromatic heterocycles. The smallest absolute Gasteiger partial charge is 0.136 e. The number of amidine groups is 1. The maximum Gasteiger partial charge on any atom is 0.136 e. The molecule has 2 heterocycles. The molecular formula is C17H20N2O. The van der Waals surface area contributed by atoms with E-state index in [0.29, 0.717) is 0 Å². The van der Waals surface area contributed by atoms with Gasteiger partial charge in [-0.2, -0.15) is 0 Å². The lowest BCUT2D eigenvalue weighted by atomic mass is 9.88. The summed E-state index contributed by atoms with van der Waals surface area (Å²) < 4.78 is 5.87. The maximum atomic E-state index is 5.87. The molecule has 0 saturated carbocycles. The highest BCUT2D eigenvalue weighted by atomic mass is 16.3. The van der Waals surface area contributed by atoms with Crippen LogP contribution in [0, 0.1) is 12.3 Å². The number of para-hydroxylation sites is 1. The van der Waals surface area contributed by atoms with Gasteiger partial charge in [-0.15, -0.1) is 0 Å². The van der Waals surface area contributed by atoms with Gasteiger partial charge in [-0.05, 0) is 30.5 Å². The first-order valence-corrected chi connectivity index (χ1v) is 7.00. The first-order chi connectivity index (χ1) is 9.53. The number of benzene rings is 1. The number of nitrogens with one attached hydrogen (secondary N) is 1. The second kappa shape index (κ2) is 4.82. The quantitative estimate of drug-likeness (QED) is 0.848. The highest BCUT2D eigenvalue weighted by molar-refractivity contribution is 6.09. The van der Waals surface area contributed by atoms with Crippen molar-refractivity contribution in [1.29, 1.82) is 0 Å². The van der Waals surface area contributed by atoms with Crippen molar-refractivity contribution >= 4 is 11.5 Å². The molecule has 0 aliphatic carbocycles. The number of aliphatic imine (C=N–C) groups is 1. The van der Waals surface area contributed by atoms with Crippen molar-refractivity contribution in [1.82, 2.24) is 0 Å². The molecule has 0 spiro atoms. The first kappa shape index (κ1) is 13.0. The SMILES string of the molecule is Cc1cc2c(o1)CC(C)(C)CN=C2Nc1ccccc1. The van der Waals surface area contributed by atoms with E-state index in [1.165, 1.54) is 0 Å². The Labute approximate surface area is 119 Å². The van der Waals surface area contributed by atoms with Crippen LogP contribution in [0.4, 0.5) is 5.69 Å². The predicted octanol–water partition coefficient (Wildman–Crippen LogP) is 4.03. The summed E-state index contributed by atoms with van der Waals surface area (Å²) in [6, 6.07) is 12.2. The molecule has 0 amide bonds. The monoisotopic (exact) mass is 268 g/mol. The van der Waals surface area contributed by atoms with Crippen LogP contribution in [0.3, 0.4) is 0 Å². The Bertz CT molecular complexity index is 638. The van der Waals surface area contributed by atoms with Crippen molar-refractivity contribution in [2.24, 2.45) is 10.4 Å². The molecule has 0 bridgehead atoms. The second-order valence-electron chi connectivity index (χ2n) is 6.19. The van der Waals surface area contributed by atoms with Crippen LogP contribution in [0.1, 0.15) is 30.9 Å². The fourth-order valence-electron chi connectivity index (χ4n) is 2.53. The van der Waals surface area contributed by atoms with E-state index in [1.807, 2.05) is 37.3 Å². The fraction of sp³-hybridized carbons (Fsp3) is 0.353. The van der Waals surface area contributed by atoms with Crippen LogP contribution >= 0.6 is 0 Å². The van der Waals surface area contributed by atoms with Gasteiger partial charge in [-0.3, -0.25) is 4.99 Å². The summed E-state index contributed by atoms with van der Waals surface area (Å²) in [6.07, 6.45) is 0.916. The van der Waals surface area contributed by atoms with Crippen molar-refractivity contribution in [3.05, 3.63) is 53.5 Å². The summed E-state index contributed by atoms with van der Waals surface area (Å²) in [5.74, 6) is 2.89. The molecule has 104 valence electrons. The average Bonchev–Trinajstić information content (AvgIpc) is 2.70. The Kier molecular flexibility index (Phi) is 3.13. The van der Waals surface area contributed by atoms with Crippen molar-refractivity contribution in [2.45, 2.75) is 27.2 Å². The minimum absolute atomic E-state index is 0.124. The van der Waals surface area contributed by atoms with E-state index >= 15 is 0 Å². The summed E-state index contributed by atoms with van der Waals surface area (Å²) in [5, 5.41) is 3.42. The Hall–Kier alpha value is -2.03. The van der Waals surface area contributed by atoms with E-state index in [9.17, 15) is 0 Å². The Morgan fingerprint density at radius 1 is 1.20 bits per heavy atom. The van der Waals surface area contributed by atoms with Gasteiger partial charge in [0.1, 0.15) is 17.4 Å². The minimum Gasteiger partial charge on any atom is -0.466 e. The molecule has 20 heavy (non-hydrogen) atoms. The van der Waals surface area contributed by atoms with Crippen molar-refractivity contribution in [3.8, 4) is 0 Å². The second-order valence-corrected chi connectivity index (χ2v) is 6.19. The molecule has 0 atom stereocenters. The summed E-state index contributed by atoms with van der Waals surface area (Å²) in [7, 11) is 0. The van der Waals surface area contributed by atoms with Gasteiger partial charge in [0, 0.05) is 18.7 Å². The van der Waals surface area contributed by atoms with Gasteiger partial charge in [0.2, 0.25) is 0 Å². The molecule has 3 rings (SSSR count). The summed E-state index contributed by atoms with van der Waals surface area (Å²) in [6.45, 7) is 7.24. The zero-order chi connectivity index (χ0) is 14.2. The zero-order valence-electron chi connectivity index (χ0n) is 12.2. The van der Waals surface area contributed by atoms with E-state index in [2.05, 4.69) is 25.2 Å². The van der Waals surface area contributed by atoms with E-state index in [1.54, 1.807) is 0 Å². The normalized spacial score (nSPS) is 17.1. The van der Waals surface area contributed by atoms with Crippen LogP contribution < -0.4 is 5.32 Å². The van der Waals surface area contributed by atoms with Crippen LogP contribution in [0.25, 0.3) is 0 Å². The maximum absolute atomic E-state index is 5.87. The highest BCUT2D eigenvalue weighted by Gasteiger charge is 2.27. The Morgan fingerprint density at radius 2 is 1.95 bits per heavy atom. The third kappa shape index (κ3) is 2.62. The molecular weight excluding hydrogens is 248 g/mol. The molecule has 1 aliphatic rings. The Morgan fingerprint density at radius 3 is 2.70 bits per heavy atom. The molecule has 1 N–H and O–H groups in total. The average molecular weight is 268 g/mol. The molecule has 1 aliphatic heterocycles. The van der Waals surface area contributed by atoms with Crippen molar-refractivity contribution in [3.63, 3.8) is 0 Å². The number of nitrogens with zero attached hydrogens (tertiary/aromatic N) is 1. The lowest BCUT2D eigenvalue weighted by Gasteiger charge is -2.19. The lowest BCUT2D eigenvalue weighted by molar-refractivity contribution is 0.339. The van der Waals surface area contributed by atoms with Gasteiger partial charge in [-0.25, -0.2) is 0 Å². The predicted molar refractivity (Wildman–Crippen MR) is 82.4 cm³/mol. The number of aryl methyl sites for hydroxylation is 1. The molecule has 1 aromatic carbocycles. The van der Waals surface area contributed by atoms with E-state index in [0.717, 1.165) is 41.6 Å². The largest absolute Gasteiger partial charge is 0.466 e. The molecule has 3 heteroatoms. The van der Waals surface area contributed by atoms with E-state index in [4.69, 9.17) is 9.41 Å². The van der Waals surface area contributed by atoms with Gasteiger partial charge >= 0.3 is 0 Å². The van der Waals surface area contributed by atoms with Gasteiger partial charge in [-0.1, -0.05) is 32.0 Å². The van der Waals surface area contributed by atoms with E-state index < -0.39 is 0 Å².